The van der Waals surface area contributed by atoms with Crippen LogP contribution in [0.3, 0.4) is 0 Å². The molecule has 3 aromatic rings. The predicted molar refractivity (Wildman–Crippen MR) is 124 cm³/mol. The number of fused-ring (bicyclic) bond motifs is 1. The molecule has 0 radical (unpaired) electrons. The smallest absolute Gasteiger partial charge is 0.367 e. The fourth-order valence-electron chi connectivity index (χ4n) is 4.50. The van der Waals surface area contributed by atoms with Gasteiger partial charge in [0.1, 0.15) is 5.82 Å². The van der Waals surface area contributed by atoms with Crippen LogP contribution < -0.4 is 10.2 Å². The number of rotatable bonds is 4. The molecule has 2 aromatic carbocycles. The van der Waals surface area contributed by atoms with Gasteiger partial charge in [-0.2, -0.15) is 29.9 Å². The molecule has 0 spiro atoms. The lowest BCUT2D eigenvalue weighted by Gasteiger charge is -2.33. The highest BCUT2D eigenvalue weighted by molar-refractivity contribution is 7.99. The standard InChI is InChI=1S/C24H25F3N4S/c25-24(26,27)17-11-9-16(10-12-17)21-15-31(13-14-32-21)23-29-20-8-4-3-7-19(20)22(30-23)28-18-5-1-2-6-18/h3-4,7-12,18,21H,1-2,5-6,13-15H2,(H,28,29,30). The van der Waals surface area contributed by atoms with E-state index in [-0.39, 0.29) is 5.25 Å². The summed E-state index contributed by atoms with van der Waals surface area (Å²) in [4.78, 5) is 11.9. The zero-order valence-corrected chi connectivity index (χ0v) is 18.4. The molecule has 1 aliphatic carbocycles. The molecule has 32 heavy (non-hydrogen) atoms. The van der Waals surface area contributed by atoms with E-state index in [4.69, 9.17) is 9.97 Å². The Kier molecular flexibility index (Phi) is 5.88. The summed E-state index contributed by atoms with van der Waals surface area (Å²) in [5.74, 6) is 2.43. The lowest BCUT2D eigenvalue weighted by atomic mass is 10.1. The highest BCUT2D eigenvalue weighted by atomic mass is 32.2. The number of para-hydroxylation sites is 1. The fourth-order valence-corrected chi connectivity index (χ4v) is 5.74. The van der Waals surface area contributed by atoms with Gasteiger partial charge >= 0.3 is 6.18 Å². The summed E-state index contributed by atoms with van der Waals surface area (Å²) in [7, 11) is 0. The minimum atomic E-state index is -4.31. The van der Waals surface area contributed by atoms with Crippen molar-refractivity contribution in [3.05, 3.63) is 59.7 Å². The van der Waals surface area contributed by atoms with Crippen molar-refractivity contribution < 1.29 is 13.2 Å². The van der Waals surface area contributed by atoms with E-state index in [0.29, 0.717) is 18.5 Å². The van der Waals surface area contributed by atoms with E-state index in [9.17, 15) is 13.2 Å². The molecule has 1 saturated heterocycles. The third-order valence-electron chi connectivity index (χ3n) is 6.25. The Morgan fingerprint density at radius 3 is 2.47 bits per heavy atom. The summed E-state index contributed by atoms with van der Waals surface area (Å²) in [5, 5.41) is 4.74. The molecule has 2 aliphatic rings. The molecule has 168 valence electrons. The summed E-state index contributed by atoms with van der Waals surface area (Å²) in [6, 6.07) is 14.0. The van der Waals surface area contributed by atoms with Gasteiger partial charge in [0.2, 0.25) is 5.95 Å². The first-order valence-corrected chi connectivity index (χ1v) is 12.1. The molecular weight excluding hydrogens is 433 g/mol. The highest BCUT2D eigenvalue weighted by Crippen LogP contribution is 2.37. The van der Waals surface area contributed by atoms with E-state index in [1.54, 1.807) is 23.9 Å². The molecule has 0 bridgehead atoms. The van der Waals surface area contributed by atoms with Gasteiger partial charge in [-0.3, -0.25) is 0 Å². The molecule has 1 atom stereocenters. The van der Waals surface area contributed by atoms with E-state index in [1.165, 1.54) is 25.0 Å². The number of thioether (sulfide) groups is 1. The van der Waals surface area contributed by atoms with Crippen molar-refractivity contribution in [2.75, 3.05) is 29.1 Å². The predicted octanol–water partition coefficient (Wildman–Crippen LogP) is 6.30. The van der Waals surface area contributed by atoms with Crippen LogP contribution in [0.4, 0.5) is 24.9 Å². The maximum absolute atomic E-state index is 12.9. The van der Waals surface area contributed by atoms with E-state index in [2.05, 4.69) is 10.2 Å². The molecule has 2 heterocycles. The lowest BCUT2D eigenvalue weighted by Crippen LogP contribution is -2.35. The van der Waals surface area contributed by atoms with Crippen LogP contribution in [0.25, 0.3) is 10.9 Å². The SMILES string of the molecule is FC(F)(F)c1ccc(C2CN(c3nc(NC4CCCC4)c4ccccc4n3)CCS2)cc1. The van der Waals surface area contributed by atoms with Gasteiger partial charge in [-0.05, 0) is 42.7 Å². The number of aromatic nitrogens is 2. The zero-order valence-electron chi connectivity index (χ0n) is 17.6. The molecule has 1 aliphatic heterocycles. The number of benzene rings is 2. The quantitative estimate of drug-likeness (QED) is 0.497. The van der Waals surface area contributed by atoms with Crippen molar-refractivity contribution in [2.45, 2.75) is 43.2 Å². The van der Waals surface area contributed by atoms with Crippen LogP contribution >= 0.6 is 11.8 Å². The Hall–Kier alpha value is -2.48. The molecule has 2 fully saturated rings. The zero-order chi connectivity index (χ0) is 22.1. The van der Waals surface area contributed by atoms with Gasteiger partial charge in [-0.1, -0.05) is 37.1 Å². The minimum Gasteiger partial charge on any atom is -0.367 e. The summed E-state index contributed by atoms with van der Waals surface area (Å²) in [6.07, 6.45) is 0.483. The molecule has 1 N–H and O–H groups in total. The molecule has 1 aromatic heterocycles. The Balaban J connectivity index is 1.40. The van der Waals surface area contributed by atoms with Gasteiger partial charge < -0.3 is 10.2 Å². The van der Waals surface area contributed by atoms with Crippen LogP contribution in [0.15, 0.2) is 48.5 Å². The lowest BCUT2D eigenvalue weighted by molar-refractivity contribution is -0.137. The number of halogens is 3. The van der Waals surface area contributed by atoms with Gasteiger partial charge in [-0.25, -0.2) is 4.98 Å². The monoisotopic (exact) mass is 458 g/mol. The van der Waals surface area contributed by atoms with E-state index >= 15 is 0 Å². The first-order chi connectivity index (χ1) is 15.5. The van der Waals surface area contributed by atoms with Crippen molar-refractivity contribution in [3.63, 3.8) is 0 Å². The van der Waals surface area contributed by atoms with Crippen LogP contribution in [-0.2, 0) is 6.18 Å². The molecule has 1 saturated carbocycles. The van der Waals surface area contributed by atoms with E-state index in [0.717, 1.165) is 47.4 Å². The number of hydrogen-bond donors (Lipinski definition) is 1. The van der Waals surface area contributed by atoms with Crippen LogP contribution in [0.5, 0.6) is 0 Å². The maximum Gasteiger partial charge on any atom is 0.416 e. The Bertz CT molecular complexity index is 1080. The maximum atomic E-state index is 12.9. The average molecular weight is 459 g/mol. The second-order valence-electron chi connectivity index (χ2n) is 8.44. The molecule has 4 nitrogen and oxygen atoms in total. The second-order valence-corrected chi connectivity index (χ2v) is 9.75. The molecule has 8 heteroatoms. The van der Waals surface area contributed by atoms with Crippen LogP contribution in [-0.4, -0.2) is 34.9 Å². The first-order valence-electron chi connectivity index (χ1n) is 11.0. The number of alkyl halides is 3. The van der Waals surface area contributed by atoms with E-state index < -0.39 is 11.7 Å². The summed E-state index contributed by atoms with van der Waals surface area (Å²) < 4.78 is 38.8. The summed E-state index contributed by atoms with van der Waals surface area (Å²) in [6.45, 7) is 1.47. The van der Waals surface area contributed by atoms with Crippen molar-refractivity contribution in [3.8, 4) is 0 Å². The molecule has 5 rings (SSSR count). The van der Waals surface area contributed by atoms with Crippen molar-refractivity contribution in [2.24, 2.45) is 0 Å². The van der Waals surface area contributed by atoms with E-state index in [1.807, 2.05) is 24.3 Å². The van der Waals surface area contributed by atoms with Gasteiger partial charge in [0.05, 0.1) is 11.1 Å². The van der Waals surface area contributed by atoms with Gasteiger partial charge in [0.25, 0.3) is 0 Å². The second kappa shape index (κ2) is 8.81. The van der Waals surface area contributed by atoms with Crippen LogP contribution in [0.1, 0.15) is 42.1 Å². The van der Waals surface area contributed by atoms with Crippen molar-refractivity contribution in [1.29, 1.82) is 0 Å². The Morgan fingerprint density at radius 1 is 0.969 bits per heavy atom. The Labute approximate surface area is 189 Å². The molecule has 1 unspecified atom stereocenters. The molecular formula is C24H25F3N4S. The molecule has 0 amide bonds. The topological polar surface area (TPSA) is 41.1 Å². The minimum absolute atomic E-state index is 0.0762. The number of nitrogens with one attached hydrogen (secondary N) is 1. The largest absolute Gasteiger partial charge is 0.416 e. The number of hydrogen-bond acceptors (Lipinski definition) is 5. The third-order valence-corrected chi connectivity index (χ3v) is 7.49. The number of anilines is 2. The fraction of sp³-hybridized carbons (Fsp3) is 0.417. The van der Waals surface area contributed by atoms with Crippen LogP contribution in [0.2, 0.25) is 0 Å². The highest BCUT2D eigenvalue weighted by Gasteiger charge is 2.31. The number of nitrogens with zero attached hydrogens (tertiary/aromatic N) is 3. The van der Waals surface area contributed by atoms with Crippen molar-refractivity contribution >= 4 is 34.4 Å². The van der Waals surface area contributed by atoms with Gasteiger partial charge in [-0.15, -0.1) is 0 Å². The average Bonchev–Trinajstić information content (AvgIpc) is 3.32. The first kappa shape index (κ1) is 21.4. The normalized spacial score (nSPS) is 20.1. The summed E-state index contributed by atoms with van der Waals surface area (Å²) in [5.41, 5.74) is 1.19. The third kappa shape index (κ3) is 4.51. The van der Waals surface area contributed by atoms with Crippen LogP contribution in [0, 0.1) is 0 Å². The summed E-state index contributed by atoms with van der Waals surface area (Å²) >= 11 is 1.77. The van der Waals surface area contributed by atoms with Crippen molar-refractivity contribution in [1.82, 2.24) is 9.97 Å². The van der Waals surface area contributed by atoms with Gasteiger partial charge in [0.15, 0.2) is 0 Å². The van der Waals surface area contributed by atoms with Gasteiger partial charge in [0, 0.05) is 35.5 Å². The Morgan fingerprint density at radius 2 is 1.72 bits per heavy atom.